The standard InChI is InChI=1S/C35H47N5O5/c1-25(2)22-40(33(42)31-29(15-14-26-11-7-6-8-12-26)39-16-10-9-13-30(39)36-31)28-21-27(32(41)37-17-19-44-20-18-37)23-38(24-28)34(43)45-35(3,4)5/h6-13,16,25,27-28H,14-15,17-24H2,1-5H3/t27-,28+/m1/s1. The van der Waals surface area contributed by atoms with Gasteiger partial charge in [-0.1, -0.05) is 50.2 Å². The Morgan fingerprint density at radius 1 is 0.978 bits per heavy atom. The summed E-state index contributed by atoms with van der Waals surface area (Å²) in [6, 6.07) is 15.6. The van der Waals surface area contributed by atoms with Crippen molar-refractivity contribution < 1.29 is 23.9 Å². The summed E-state index contributed by atoms with van der Waals surface area (Å²) >= 11 is 0. The molecule has 242 valence electrons. The van der Waals surface area contributed by atoms with E-state index in [4.69, 9.17) is 14.5 Å². The van der Waals surface area contributed by atoms with Crippen LogP contribution in [-0.2, 0) is 27.1 Å². The van der Waals surface area contributed by atoms with E-state index in [0.29, 0.717) is 57.0 Å². The predicted octanol–water partition coefficient (Wildman–Crippen LogP) is 4.70. The molecule has 2 aliphatic rings. The first kappa shape index (κ1) is 32.5. The second kappa shape index (κ2) is 14.0. The summed E-state index contributed by atoms with van der Waals surface area (Å²) in [6.07, 6.45) is 3.34. The number of fused-ring (bicyclic) bond motifs is 1. The Labute approximate surface area is 266 Å². The third-order valence-corrected chi connectivity index (χ3v) is 8.34. The molecule has 0 saturated carbocycles. The summed E-state index contributed by atoms with van der Waals surface area (Å²) in [6.45, 7) is 12.7. The molecule has 0 bridgehead atoms. The Kier molecular flexibility index (Phi) is 10.1. The van der Waals surface area contributed by atoms with Crippen LogP contribution in [-0.4, -0.2) is 99.6 Å². The van der Waals surface area contributed by atoms with Gasteiger partial charge in [0.25, 0.3) is 5.91 Å². The summed E-state index contributed by atoms with van der Waals surface area (Å²) in [7, 11) is 0. The monoisotopic (exact) mass is 617 g/mol. The van der Waals surface area contributed by atoms with Gasteiger partial charge in [0.1, 0.15) is 11.2 Å². The third-order valence-electron chi connectivity index (χ3n) is 8.34. The van der Waals surface area contributed by atoms with Crippen molar-refractivity contribution in [2.75, 3.05) is 45.9 Å². The van der Waals surface area contributed by atoms with Crippen molar-refractivity contribution in [2.24, 2.45) is 11.8 Å². The molecule has 3 aromatic rings. The molecule has 2 aliphatic heterocycles. The van der Waals surface area contributed by atoms with Crippen LogP contribution in [0.2, 0.25) is 0 Å². The zero-order valence-electron chi connectivity index (χ0n) is 27.3. The molecule has 1 aromatic carbocycles. The quantitative estimate of drug-likeness (QED) is 0.364. The summed E-state index contributed by atoms with van der Waals surface area (Å²) in [5, 5.41) is 0. The minimum atomic E-state index is -0.689. The van der Waals surface area contributed by atoms with Crippen molar-refractivity contribution in [2.45, 2.75) is 65.5 Å². The van der Waals surface area contributed by atoms with Crippen LogP contribution in [0.15, 0.2) is 54.7 Å². The number of nitrogens with zero attached hydrogens (tertiary/aromatic N) is 5. The summed E-state index contributed by atoms with van der Waals surface area (Å²) in [4.78, 5) is 52.0. The number of carbonyl (C=O) groups is 3. The van der Waals surface area contributed by atoms with Gasteiger partial charge < -0.3 is 28.6 Å². The van der Waals surface area contributed by atoms with Gasteiger partial charge in [-0.25, -0.2) is 9.78 Å². The van der Waals surface area contributed by atoms with Crippen molar-refractivity contribution >= 4 is 23.6 Å². The number of aryl methyl sites for hydroxylation is 2. The van der Waals surface area contributed by atoms with Crippen LogP contribution in [0.25, 0.3) is 5.65 Å². The first-order valence-electron chi connectivity index (χ1n) is 16.2. The topological polar surface area (TPSA) is 96.7 Å². The molecule has 2 aromatic heterocycles. The molecule has 10 heteroatoms. The first-order valence-corrected chi connectivity index (χ1v) is 16.2. The lowest BCUT2D eigenvalue weighted by atomic mass is 9.91. The molecule has 45 heavy (non-hydrogen) atoms. The van der Waals surface area contributed by atoms with Gasteiger partial charge in [-0.05, 0) is 63.6 Å². The second-order valence-corrected chi connectivity index (χ2v) is 13.6. The van der Waals surface area contributed by atoms with Crippen LogP contribution >= 0.6 is 0 Å². The zero-order valence-corrected chi connectivity index (χ0v) is 27.3. The number of pyridine rings is 1. The highest BCUT2D eigenvalue weighted by atomic mass is 16.6. The van der Waals surface area contributed by atoms with Crippen molar-refractivity contribution in [3.05, 3.63) is 71.7 Å². The minimum Gasteiger partial charge on any atom is -0.444 e. The molecule has 4 heterocycles. The largest absolute Gasteiger partial charge is 0.444 e. The van der Waals surface area contributed by atoms with Gasteiger partial charge in [0, 0.05) is 38.9 Å². The van der Waals surface area contributed by atoms with E-state index in [9.17, 15) is 14.4 Å². The molecular formula is C35H47N5O5. The summed E-state index contributed by atoms with van der Waals surface area (Å²) in [5.41, 5.74) is 2.49. The first-order chi connectivity index (χ1) is 21.5. The van der Waals surface area contributed by atoms with Crippen molar-refractivity contribution in [1.29, 1.82) is 0 Å². The molecule has 3 amide bonds. The van der Waals surface area contributed by atoms with Gasteiger partial charge in [-0.2, -0.15) is 0 Å². The number of hydrogen-bond acceptors (Lipinski definition) is 6. The van der Waals surface area contributed by atoms with E-state index in [-0.39, 0.29) is 36.9 Å². The Morgan fingerprint density at radius 3 is 2.38 bits per heavy atom. The Morgan fingerprint density at radius 2 is 1.69 bits per heavy atom. The number of rotatable bonds is 8. The lowest BCUT2D eigenvalue weighted by Gasteiger charge is -2.44. The fourth-order valence-corrected chi connectivity index (χ4v) is 6.29. The van der Waals surface area contributed by atoms with Crippen molar-refractivity contribution in [3.63, 3.8) is 0 Å². The van der Waals surface area contributed by atoms with Crippen LogP contribution < -0.4 is 0 Å². The predicted molar refractivity (Wildman–Crippen MR) is 172 cm³/mol. The molecule has 0 radical (unpaired) electrons. The third kappa shape index (κ3) is 8.03. The molecule has 10 nitrogen and oxygen atoms in total. The number of hydrogen-bond donors (Lipinski definition) is 0. The number of aromatic nitrogens is 2. The van der Waals surface area contributed by atoms with Gasteiger partial charge in [-0.15, -0.1) is 0 Å². The zero-order chi connectivity index (χ0) is 32.1. The number of piperidine rings is 1. The number of likely N-dealkylation sites (tertiary alicyclic amines) is 1. The molecule has 2 fully saturated rings. The average molecular weight is 618 g/mol. The molecule has 0 N–H and O–H groups in total. The maximum atomic E-state index is 14.7. The Balaban J connectivity index is 1.48. The number of imidazole rings is 1. The second-order valence-electron chi connectivity index (χ2n) is 13.6. The SMILES string of the molecule is CC(C)CN(C(=O)c1nc2ccccn2c1CCc1ccccc1)[C@H]1C[C@@H](C(=O)N2CCOCC2)CN(C(=O)OC(C)(C)C)C1. The summed E-state index contributed by atoms with van der Waals surface area (Å²) in [5.74, 6) is -0.492. The molecule has 0 unspecified atom stereocenters. The molecule has 2 atom stereocenters. The Hall–Kier alpha value is -3.92. The Bertz CT molecular complexity index is 1470. The highest BCUT2D eigenvalue weighted by Crippen LogP contribution is 2.28. The molecular weight excluding hydrogens is 570 g/mol. The smallest absolute Gasteiger partial charge is 0.410 e. The van der Waals surface area contributed by atoms with E-state index < -0.39 is 17.6 Å². The highest BCUT2D eigenvalue weighted by molar-refractivity contribution is 5.95. The highest BCUT2D eigenvalue weighted by Gasteiger charge is 2.41. The van der Waals surface area contributed by atoms with Gasteiger partial charge in [0.2, 0.25) is 5.91 Å². The van der Waals surface area contributed by atoms with Crippen LogP contribution in [0.5, 0.6) is 0 Å². The van der Waals surface area contributed by atoms with E-state index in [1.165, 1.54) is 5.56 Å². The van der Waals surface area contributed by atoms with E-state index in [1.807, 2.05) is 77.6 Å². The van der Waals surface area contributed by atoms with Crippen molar-refractivity contribution in [3.8, 4) is 0 Å². The van der Waals surface area contributed by atoms with E-state index in [1.54, 1.807) is 4.90 Å². The number of ether oxygens (including phenoxy) is 2. The lowest BCUT2D eigenvalue weighted by Crippen LogP contribution is -2.58. The fraction of sp³-hybridized carbons (Fsp3) is 0.543. The van der Waals surface area contributed by atoms with Gasteiger partial charge in [0.15, 0.2) is 5.69 Å². The molecule has 2 saturated heterocycles. The number of amides is 3. The van der Waals surface area contributed by atoms with Crippen molar-refractivity contribution in [1.82, 2.24) is 24.1 Å². The maximum absolute atomic E-state index is 14.7. The normalized spacial score (nSPS) is 19.2. The van der Waals surface area contributed by atoms with E-state index in [2.05, 4.69) is 26.0 Å². The summed E-state index contributed by atoms with van der Waals surface area (Å²) < 4.78 is 13.2. The average Bonchev–Trinajstić information content (AvgIpc) is 3.40. The number of benzene rings is 1. The molecule has 0 spiro atoms. The maximum Gasteiger partial charge on any atom is 0.410 e. The van der Waals surface area contributed by atoms with Gasteiger partial charge >= 0.3 is 6.09 Å². The van der Waals surface area contributed by atoms with Crippen LogP contribution in [0.4, 0.5) is 4.79 Å². The number of carbonyl (C=O) groups excluding carboxylic acids is 3. The van der Waals surface area contributed by atoms with E-state index >= 15 is 0 Å². The molecule has 5 rings (SSSR count). The minimum absolute atomic E-state index is 0.00946. The molecule has 0 aliphatic carbocycles. The van der Waals surface area contributed by atoms with Gasteiger partial charge in [0.05, 0.1) is 30.9 Å². The fourth-order valence-electron chi connectivity index (χ4n) is 6.29. The van der Waals surface area contributed by atoms with Crippen LogP contribution in [0.3, 0.4) is 0 Å². The van der Waals surface area contributed by atoms with Gasteiger partial charge in [-0.3, -0.25) is 9.59 Å². The van der Waals surface area contributed by atoms with Crippen LogP contribution in [0.1, 0.15) is 62.8 Å². The van der Waals surface area contributed by atoms with Crippen LogP contribution in [0, 0.1) is 11.8 Å². The number of morpholine rings is 1. The van der Waals surface area contributed by atoms with E-state index in [0.717, 1.165) is 12.1 Å². The lowest BCUT2D eigenvalue weighted by molar-refractivity contribution is -0.142.